The van der Waals surface area contributed by atoms with Gasteiger partial charge in [0.05, 0.1) is 82.2 Å². The van der Waals surface area contributed by atoms with Gasteiger partial charge in [0.1, 0.15) is 58.2 Å². The van der Waals surface area contributed by atoms with Crippen molar-refractivity contribution in [2.75, 3.05) is 90.1 Å². The fraction of sp³-hybridized carbons (Fsp3) is 0.490. The first-order valence-electron chi connectivity index (χ1n) is 44.3. The molecule has 5 aromatic carbocycles. The third kappa shape index (κ3) is 27.1. The summed E-state index contributed by atoms with van der Waals surface area (Å²) in [6, 6.07) is 32.4. The molecule has 2 atom stereocenters. The lowest BCUT2D eigenvalue weighted by Gasteiger charge is -2.40. The van der Waals surface area contributed by atoms with Gasteiger partial charge in [-0.05, 0) is 194 Å². The molecule has 0 bridgehead atoms. The largest absolute Gasteiger partial charge is 0.377 e. The van der Waals surface area contributed by atoms with Crippen LogP contribution in [0.4, 0.5) is 50.4 Å². The quantitative estimate of drug-likeness (QED) is 0.0304. The first-order valence-corrected chi connectivity index (χ1v) is 44.3. The summed E-state index contributed by atoms with van der Waals surface area (Å²) in [5, 5.41) is 0. The lowest BCUT2D eigenvalue weighted by atomic mass is 10.1. The Labute approximate surface area is 729 Å². The van der Waals surface area contributed by atoms with Crippen molar-refractivity contribution in [3.63, 3.8) is 0 Å². The SMILES string of the molecule is CCCCCCN(CCCCCC)c1ccc(-n2c(C)nc(C)cc2=O)cc1F.CCCCN(CCCC)c1ccc(-n2c(C)nc(C)cc2=O)cc1F.Cc1cc(=O)n(-c2ccc(N(CC(C)C)CC(C)C)c(F)c2)c(C)n1.Cc1cc(=O)n(-c2ccc(N3CCCC3)c(F)c2)c(C)n1.Cc1cc(=O)n(-c2ccc(N3[C@H](C)COC[C@H]3C)c(F)c2)c(C)n1. The standard InChI is InChI=1S/C24H36FN3O.2C20H28FN3O.C18H22FN3O2.C16H18FN3O/c1-5-7-9-11-15-27(16-12-10-8-6-2)23-14-13-21(18-22(23)25)28-20(4)26-19(3)17-24(28)29;1-13(2)11-23(12-14(3)4)19-8-7-17(10-18(19)21)24-16(6)22-15(5)9-20(24)25;1-5-7-11-23(12-8-6-2)19-10-9-17(14-18(19)21)24-16(4)22-15(3)13-20(24)25;1-11-7-18(23)22(14(4)20-11)15-5-6-17(16(19)8-15)21-12(2)9-24-10-13(21)3;1-11-9-16(21)20(12(2)18-11)13-5-6-15(14(17)10-13)19-7-3-4-8-19/h13-14,17-18H,5-12,15-16H2,1-4H3;7-10,13-14H,11-12H2,1-6H3;9-10,13-14H,5-8,11-12H2,1-4H3;5-8,12-13H,9-10H2,1-4H3;5-6,9-10H,3-4,7-8H2,1-2H3/t;;;12-,13-;/m...1./s1. The average molecular weight is 1710 g/mol. The minimum atomic E-state index is -0.347. The van der Waals surface area contributed by atoms with Gasteiger partial charge in [-0.15, -0.1) is 0 Å². The van der Waals surface area contributed by atoms with Crippen LogP contribution in [0.5, 0.6) is 0 Å². The van der Waals surface area contributed by atoms with E-state index in [1.807, 2.05) is 35.8 Å². The second-order valence-corrected chi connectivity index (χ2v) is 33.6. The molecule has 0 unspecified atom stereocenters. The summed E-state index contributed by atoms with van der Waals surface area (Å²) < 4.78 is 86.6. The maximum absolute atomic E-state index is 15.1. The second-order valence-electron chi connectivity index (χ2n) is 33.6. The molecule has 0 N–H and O–H groups in total. The normalized spacial score (nSPS) is 13.7. The smallest absolute Gasteiger partial charge is 0.258 e. The van der Waals surface area contributed by atoms with Gasteiger partial charge in [-0.2, -0.15) is 0 Å². The van der Waals surface area contributed by atoms with Crippen molar-refractivity contribution in [3.8, 4) is 28.4 Å². The Bertz CT molecular complexity index is 5460. The van der Waals surface area contributed by atoms with Gasteiger partial charge in [0.15, 0.2) is 0 Å². The van der Waals surface area contributed by atoms with Crippen molar-refractivity contribution in [3.05, 3.63) is 260 Å². The number of hydrogen-bond donors (Lipinski definition) is 0. The predicted octanol–water partition coefficient (Wildman–Crippen LogP) is 19.6. The molecule has 2 fully saturated rings. The van der Waals surface area contributed by atoms with Gasteiger partial charge >= 0.3 is 0 Å². The van der Waals surface area contributed by atoms with E-state index in [4.69, 9.17) is 4.74 Å². The van der Waals surface area contributed by atoms with Crippen molar-refractivity contribution in [2.24, 2.45) is 11.8 Å². The number of aromatic nitrogens is 10. The van der Waals surface area contributed by atoms with E-state index in [1.54, 1.807) is 118 Å². The number of aryl methyl sites for hydroxylation is 10. The molecule has 0 spiro atoms. The number of anilines is 5. The first-order chi connectivity index (χ1) is 59.1. The van der Waals surface area contributed by atoms with Crippen LogP contribution in [0.1, 0.15) is 217 Å². The lowest BCUT2D eigenvalue weighted by Crippen LogP contribution is -2.50. The zero-order valence-electron chi connectivity index (χ0n) is 76.9. The molecule has 670 valence electrons. The molecule has 7 heterocycles. The van der Waals surface area contributed by atoms with Gasteiger partial charge < -0.3 is 29.2 Å². The fourth-order valence-corrected chi connectivity index (χ4v) is 16.1. The molecule has 12 rings (SSSR count). The van der Waals surface area contributed by atoms with E-state index < -0.39 is 0 Å². The highest BCUT2D eigenvalue weighted by molar-refractivity contribution is 5.58. The molecule has 0 amide bonds. The summed E-state index contributed by atoms with van der Waals surface area (Å²) in [5.74, 6) is 2.13. The summed E-state index contributed by atoms with van der Waals surface area (Å²) in [7, 11) is 0. The Morgan fingerprint density at radius 3 is 0.879 bits per heavy atom. The van der Waals surface area contributed by atoms with E-state index in [-0.39, 0.29) is 69.0 Å². The predicted molar refractivity (Wildman–Crippen MR) is 494 cm³/mol. The van der Waals surface area contributed by atoms with Gasteiger partial charge in [0.25, 0.3) is 27.8 Å². The van der Waals surface area contributed by atoms with Gasteiger partial charge in [0, 0.05) is 141 Å². The highest BCUT2D eigenvalue weighted by atomic mass is 19.1. The number of unbranched alkanes of at least 4 members (excludes halogenated alkanes) is 8. The number of nitrogens with zero attached hydrogens (tertiary/aromatic N) is 15. The Kier molecular flexibility index (Phi) is 37.6. The Hall–Kier alpha value is -10.9. The topological polar surface area (TPSA) is 200 Å². The van der Waals surface area contributed by atoms with E-state index in [0.29, 0.717) is 140 Å². The van der Waals surface area contributed by atoms with Gasteiger partial charge in [-0.3, -0.25) is 46.8 Å². The molecule has 5 aromatic heterocycles. The zero-order chi connectivity index (χ0) is 90.8. The number of rotatable bonds is 30. The Balaban J connectivity index is 0.000000193. The fourth-order valence-electron chi connectivity index (χ4n) is 16.1. The third-order valence-electron chi connectivity index (χ3n) is 21.7. The van der Waals surface area contributed by atoms with Crippen LogP contribution in [-0.4, -0.2) is 125 Å². The van der Waals surface area contributed by atoms with Crippen molar-refractivity contribution in [2.45, 2.75) is 240 Å². The molecule has 124 heavy (non-hydrogen) atoms. The summed E-state index contributed by atoms with van der Waals surface area (Å²) >= 11 is 0. The third-order valence-corrected chi connectivity index (χ3v) is 21.7. The molecule has 2 aliphatic heterocycles. The molecule has 26 heteroatoms. The molecule has 2 aliphatic rings. The van der Waals surface area contributed by atoms with Crippen LogP contribution in [0, 0.1) is 110 Å². The monoisotopic (exact) mass is 1710 g/mol. The minimum Gasteiger partial charge on any atom is -0.377 e. The van der Waals surface area contributed by atoms with Crippen LogP contribution in [0.15, 0.2) is 145 Å². The molecule has 21 nitrogen and oxygen atoms in total. The van der Waals surface area contributed by atoms with E-state index in [1.165, 1.54) is 122 Å². The zero-order valence-corrected chi connectivity index (χ0v) is 76.9. The molecule has 2 saturated heterocycles. The van der Waals surface area contributed by atoms with E-state index in [9.17, 15) is 41.5 Å². The molecule has 0 aliphatic carbocycles. The van der Waals surface area contributed by atoms with Crippen LogP contribution in [0.3, 0.4) is 0 Å². The van der Waals surface area contributed by atoms with Crippen molar-refractivity contribution >= 4 is 28.4 Å². The Morgan fingerprint density at radius 1 is 0.347 bits per heavy atom. The maximum Gasteiger partial charge on any atom is 0.258 e. The summed E-state index contributed by atoms with van der Waals surface area (Å²) in [6.07, 6.45) is 15.7. The van der Waals surface area contributed by atoms with Crippen molar-refractivity contribution in [1.29, 1.82) is 0 Å². The molecule has 10 aromatic rings. The van der Waals surface area contributed by atoms with Crippen LogP contribution in [-0.2, 0) is 4.74 Å². The van der Waals surface area contributed by atoms with Gasteiger partial charge in [-0.1, -0.05) is 107 Å². The number of hydrogen-bond acceptors (Lipinski definition) is 16. The minimum absolute atomic E-state index is 0.0969. The summed E-state index contributed by atoms with van der Waals surface area (Å²) in [6.45, 7) is 46.8. The van der Waals surface area contributed by atoms with E-state index in [0.717, 1.165) is 104 Å². The van der Waals surface area contributed by atoms with Crippen LogP contribution in [0.25, 0.3) is 28.4 Å². The number of ether oxygens (including phenoxy) is 1. The Morgan fingerprint density at radius 2 is 0.613 bits per heavy atom. The van der Waals surface area contributed by atoms with E-state index in [2.05, 4.69) is 95.0 Å². The second kappa shape index (κ2) is 47.3. The maximum atomic E-state index is 15.1. The van der Waals surface area contributed by atoms with Gasteiger partial charge in [0.2, 0.25) is 0 Å². The molecular formula is C98H132F5N15O6. The van der Waals surface area contributed by atoms with Crippen molar-refractivity contribution < 1.29 is 26.7 Å². The molecular weight excluding hydrogens is 1580 g/mol. The van der Waals surface area contributed by atoms with Crippen molar-refractivity contribution in [1.82, 2.24) is 47.8 Å². The lowest BCUT2D eigenvalue weighted by molar-refractivity contribution is 0.0753. The van der Waals surface area contributed by atoms with E-state index >= 15 is 4.39 Å². The highest BCUT2D eigenvalue weighted by Gasteiger charge is 2.29. The number of benzene rings is 5. The number of morpholine rings is 1. The summed E-state index contributed by atoms with van der Waals surface area (Å²) in [4.78, 5) is 93.2. The first kappa shape index (κ1) is 98.5. The highest BCUT2D eigenvalue weighted by Crippen LogP contribution is 2.32. The molecule has 0 saturated carbocycles. The average Bonchev–Trinajstić information content (AvgIpc) is 0.839. The van der Waals surface area contributed by atoms with Crippen LogP contribution < -0.4 is 52.3 Å². The van der Waals surface area contributed by atoms with Crippen LogP contribution >= 0.6 is 0 Å². The number of halogens is 5. The van der Waals surface area contributed by atoms with Gasteiger partial charge in [-0.25, -0.2) is 46.9 Å². The molecule has 0 radical (unpaired) electrons. The van der Waals surface area contributed by atoms with Crippen LogP contribution in [0.2, 0.25) is 0 Å². The summed E-state index contributed by atoms with van der Waals surface area (Å²) in [5.41, 5.74) is 7.88.